The van der Waals surface area contributed by atoms with E-state index in [1.54, 1.807) is 7.05 Å². The average molecular weight is 540 g/mol. The van der Waals surface area contributed by atoms with Crippen molar-refractivity contribution in [1.82, 2.24) is 14.8 Å². The van der Waals surface area contributed by atoms with Gasteiger partial charge in [-0.25, -0.2) is 0 Å². The number of likely N-dealkylation sites (N-methyl/N-ethyl adjacent to an activating group) is 1. The predicted octanol–water partition coefficient (Wildman–Crippen LogP) is 4.97. The van der Waals surface area contributed by atoms with Crippen LogP contribution in [0.1, 0.15) is 69.1 Å². The van der Waals surface area contributed by atoms with Crippen molar-refractivity contribution in [3.63, 3.8) is 0 Å². The van der Waals surface area contributed by atoms with E-state index in [9.17, 15) is 19.6 Å². The molecule has 1 fully saturated rings. The molecule has 2 aliphatic rings. The number of nitriles is 1. The molecule has 3 heterocycles. The van der Waals surface area contributed by atoms with E-state index in [-0.39, 0.29) is 42.0 Å². The first kappa shape index (κ1) is 27.4. The van der Waals surface area contributed by atoms with Crippen molar-refractivity contribution in [3.05, 3.63) is 65.4 Å². The predicted molar refractivity (Wildman–Crippen MR) is 155 cm³/mol. The van der Waals surface area contributed by atoms with Crippen LogP contribution in [0.3, 0.4) is 0 Å². The second kappa shape index (κ2) is 9.81. The molecule has 2 aromatic carbocycles. The minimum atomic E-state index is -0.973. The summed E-state index contributed by atoms with van der Waals surface area (Å²) in [5, 5.41) is 13.9. The number of para-hydroxylation sites is 1. The van der Waals surface area contributed by atoms with E-state index in [4.69, 9.17) is 0 Å². The number of rotatable bonds is 5. The molecular formula is C32H37N5O3. The van der Waals surface area contributed by atoms with E-state index < -0.39 is 17.5 Å². The number of hydrogen-bond donors (Lipinski definition) is 2. The molecule has 1 unspecified atom stereocenters. The lowest BCUT2D eigenvalue weighted by atomic mass is 9.80. The van der Waals surface area contributed by atoms with Crippen molar-refractivity contribution >= 4 is 34.3 Å². The third kappa shape index (κ3) is 4.53. The number of H-pyrrole nitrogens is 1. The summed E-state index contributed by atoms with van der Waals surface area (Å²) in [6.45, 7) is 10.5. The standard InChI is InChI=1S/C32H37N5O3/c1-19(2)13-27(36(6)28(38)26-14-20-11-12-21(31(3,4)5)15-25(20)34-26)29(39)37-18-32(16-22(37)17-33)23-9-7-8-10-24(23)35-30(32)40/h7-12,14-15,19,22,27,34H,13,16,18H2,1-6H3,(H,35,40)/t22?,27-,32-/m0/s1. The average Bonchev–Trinajstić information content (AvgIpc) is 3.59. The first-order valence-corrected chi connectivity index (χ1v) is 13.9. The molecule has 0 radical (unpaired) electrons. The van der Waals surface area contributed by atoms with Crippen LogP contribution in [-0.4, -0.2) is 58.2 Å². The summed E-state index contributed by atoms with van der Waals surface area (Å²) in [6, 6.07) is 16.1. The van der Waals surface area contributed by atoms with Crippen LogP contribution in [0.15, 0.2) is 48.5 Å². The van der Waals surface area contributed by atoms with Crippen molar-refractivity contribution in [2.45, 2.75) is 70.4 Å². The largest absolute Gasteiger partial charge is 0.351 e. The fourth-order valence-corrected chi connectivity index (χ4v) is 6.09. The Kier molecular flexibility index (Phi) is 6.73. The summed E-state index contributed by atoms with van der Waals surface area (Å²) < 4.78 is 0. The molecule has 208 valence electrons. The fourth-order valence-electron chi connectivity index (χ4n) is 6.09. The van der Waals surface area contributed by atoms with Crippen LogP contribution in [0.2, 0.25) is 0 Å². The molecule has 0 aliphatic carbocycles. The van der Waals surface area contributed by atoms with Crippen LogP contribution in [0.25, 0.3) is 10.9 Å². The van der Waals surface area contributed by atoms with Gasteiger partial charge in [0.1, 0.15) is 17.8 Å². The van der Waals surface area contributed by atoms with E-state index in [1.807, 2.05) is 50.2 Å². The number of nitrogens with zero attached hydrogens (tertiary/aromatic N) is 3. The smallest absolute Gasteiger partial charge is 0.270 e. The molecule has 3 amide bonds. The van der Waals surface area contributed by atoms with Gasteiger partial charge in [-0.3, -0.25) is 14.4 Å². The molecule has 0 saturated carbocycles. The molecule has 3 aromatic rings. The second-order valence-corrected chi connectivity index (χ2v) is 12.7. The van der Waals surface area contributed by atoms with Gasteiger partial charge >= 0.3 is 0 Å². The van der Waals surface area contributed by atoms with Crippen LogP contribution >= 0.6 is 0 Å². The summed E-state index contributed by atoms with van der Waals surface area (Å²) in [4.78, 5) is 47.4. The fraction of sp³-hybridized carbons (Fsp3) is 0.438. The third-order valence-corrected chi connectivity index (χ3v) is 8.40. The molecule has 3 atom stereocenters. The summed E-state index contributed by atoms with van der Waals surface area (Å²) in [5.41, 5.74) is 2.96. The molecule has 8 nitrogen and oxygen atoms in total. The molecule has 1 aromatic heterocycles. The Labute approximate surface area is 235 Å². The number of hydrogen-bond acceptors (Lipinski definition) is 4. The summed E-state index contributed by atoms with van der Waals surface area (Å²) >= 11 is 0. The van der Waals surface area contributed by atoms with Crippen LogP contribution in [0, 0.1) is 17.2 Å². The number of amides is 3. The summed E-state index contributed by atoms with van der Waals surface area (Å²) in [6.07, 6.45) is 0.655. The van der Waals surface area contributed by atoms with Crippen molar-refractivity contribution in [3.8, 4) is 6.07 Å². The lowest BCUT2D eigenvalue weighted by Gasteiger charge is -2.33. The van der Waals surface area contributed by atoms with Gasteiger partial charge in [-0.2, -0.15) is 5.26 Å². The van der Waals surface area contributed by atoms with Gasteiger partial charge in [0.25, 0.3) is 5.91 Å². The van der Waals surface area contributed by atoms with Crippen LogP contribution in [-0.2, 0) is 20.4 Å². The highest BCUT2D eigenvalue weighted by Gasteiger charge is 2.56. The number of aromatic amines is 1. The highest BCUT2D eigenvalue weighted by molar-refractivity contribution is 6.07. The minimum Gasteiger partial charge on any atom is -0.351 e. The van der Waals surface area contributed by atoms with Gasteiger partial charge in [0, 0.05) is 36.6 Å². The zero-order valence-corrected chi connectivity index (χ0v) is 24.0. The highest BCUT2D eigenvalue weighted by Crippen LogP contribution is 2.46. The van der Waals surface area contributed by atoms with Crippen molar-refractivity contribution in [1.29, 1.82) is 5.26 Å². The number of likely N-dealkylation sites (tertiary alicyclic amines) is 1. The molecular weight excluding hydrogens is 502 g/mol. The Morgan fingerprint density at radius 3 is 2.58 bits per heavy atom. The maximum Gasteiger partial charge on any atom is 0.270 e. The number of benzene rings is 2. The van der Waals surface area contributed by atoms with E-state index in [0.717, 1.165) is 27.7 Å². The topological polar surface area (TPSA) is 109 Å². The number of fused-ring (bicyclic) bond motifs is 3. The van der Waals surface area contributed by atoms with Gasteiger partial charge in [0.05, 0.1) is 11.5 Å². The molecule has 5 rings (SSSR count). The molecule has 0 bridgehead atoms. The number of carbonyl (C=O) groups excluding carboxylic acids is 3. The Hall–Kier alpha value is -4.12. The third-order valence-electron chi connectivity index (χ3n) is 8.40. The van der Waals surface area contributed by atoms with E-state index in [0.29, 0.717) is 12.1 Å². The minimum absolute atomic E-state index is 0.0316. The summed E-state index contributed by atoms with van der Waals surface area (Å²) in [5.74, 6) is -0.675. The number of carbonyl (C=O) groups is 3. The van der Waals surface area contributed by atoms with Crippen molar-refractivity contribution < 1.29 is 14.4 Å². The van der Waals surface area contributed by atoms with Crippen molar-refractivity contribution in [2.24, 2.45) is 5.92 Å². The lowest BCUT2D eigenvalue weighted by Crippen LogP contribution is -2.52. The zero-order valence-electron chi connectivity index (χ0n) is 24.0. The Morgan fingerprint density at radius 2 is 1.90 bits per heavy atom. The molecule has 2 aliphatic heterocycles. The first-order valence-electron chi connectivity index (χ1n) is 13.9. The maximum atomic E-state index is 14.2. The van der Waals surface area contributed by atoms with E-state index in [2.05, 4.69) is 49.3 Å². The van der Waals surface area contributed by atoms with Crippen LogP contribution < -0.4 is 5.32 Å². The molecule has 1 spiro atoms. The Balaban J connectivity index is 1.45. The Bertz CT molecular complexity index is 1540. The van der Waals surface area contributed by atoms with Gasteiger partial charge in [-0.05, 0) is 47.1 Å². The normalized spacial score (nSPS) is 21.0. The van der Waals surface area contributed by atoms with E-state index in [1.165, 1.54) is 9.80 Å². The number of aromatic nitrogens is 1. The van der Waals surface area contributed by atoms with Gasteiger partial charge in [0.15, 0.2) is 0 Å². The first-order chi connectivity index (χ1) is 18.9. The van der Waals surface area contributed by atoms with Crippen LogP contribution in [0.4, 0.5) is 5.69 Å². The quantitative estimate of drug-likeness (QED) is 0.477. The van der Waals surface area contributed by atoms with Gasteiger partial charge in [-0.1, -0.05) is 65.0 Å². The molecule has 1 saturated heterocycles. The molecule has 8 heteroatoms. The molecule has 40 heavy (non-hydrogen) atoms. The lowest BCUT2D eigenvalue weighted by molar-refractivity contribution is -0.136. The van der Waals surface area contributed by atoms with Crippen LogP contribution in [0.5, 0.6) is 0 Å². The summed E-state index contributed by atoms with van der Waals surface area (Å²) in [7, 11) is 1.64. The molecule has 2 N–H and O–H groups in total. The van der Waals surface area contributed by atoms with Gasteiger partial charge in [-0.15, -0.1) is 0 Å². The van der Waals surface area contributed by atoms with Gasteiger partial charge < -0.3 is 20.1 Å². The Morgan fingerprint density at radius 1 is 1.18 bits per heavy atom. The van der Waals surface area contributed by atoms with Crippen molar-refractivity contribution in [2.75, 3.05) is 18.9 Å². The van der Waals surface area contributed by atoms with E-state index >= 15 is 0 Å². The SMILES string of the molecule is CC(C)C[C@@H](C(=O)N1C[C@]2(CC1C#N)C(=O)Nc1ccccc12)N(C)C(=O)c1cc2ccc(C(C)(C)C)cc2[nH]1. The maximum absolute atomic E-state index is 14.2. The number of anilines is 1. The zero-order chi connectivity index (χ0) is 29.0. The number of nitrogens with one attached hydrogen (secondary N) is 2. The van der Waals surface area contributed by atoms with Gasteiger partial charge in [0.2, 0.25) is 11.8 Å². The second-order valence-electron chi connectivity index (χ2n) is 12.7. The monoisotopic (exact) mass is 539 g/mol. The highest BCUT2D eigenvalue weighted by atomic mass is 16.2.